The lowest BCUT2D eigenvalue weighted by molar-refractivity contribution is -0.127. The maximum Gasteiger partial charge on any atom is 0.223 e. The van der Waals surface area contributed by atoms with E-state index in [-0.39, 0.29) is 17.4 Å². The van der Waals surface area contributed by atoms with Gasteiger partial charge in [0.2, 0.25) is 5.91 Å². The molecule has 1 aromatic rings. The van der Waals surface area contributed by atoms with Gasteiger partial charge in [0.05, 0.1) is 14.2 Å². The van der Waals surface area contributed by atoms with Gasteiger partial charge in [0.1, 0.15) is 11.5 Å². The molecule has 134 valence electrons. The van der Waals surface area contributed by atoms with E-state index in [9.17, 15) is 4.79 Å². The summed E-state index contributed by atoms with van der Waals surface area (Å²) in [5.74, 6) is 1.96. The molecule has 0 aliphatic carbocycles. The van der Waals surface area contributed by atoms with E-state index in [1.807, 2.05) is 32.9 Å². The molecule has 1 saturated heterocycles. The van der Waals surface area contributed by atoms with Crippen LogP contribution in [0.4, 0.5) is 0 Å². The minimum atomic E-state index is -0.162. The highest BCUT2D eigenvalue weighted by Gasteiger charge is 2.27. The number of methoxy groups -OCH3 is 2. The molecule has 1 fully saturated rings. The number of nitrogens with one attached hydrogen (secondary N) is 1. The molecule has 1 heterocycles. The van der Waals surface area contributed by atoms with Crippen LogP contribution in [-0.2, 0) is 11.3 Å². The molecule has 0 bridgehead atoms. The molecule has 2 rings (SSSR count). The Hall–Kier alpha value is -1.75. The van der Waals surface area contributed by atoms with Crippen LogP contribution >= 0.6 is 0 Å². The highest BCUT2D eigenvalue weighted by molar-refractivity contribution is 5.79. The Labute approximate surface area is 145 Å². The lowest BCUT2D eigenvalue weighted by Gasteiger charge is -2.33. The first-order chi connectivity index (χ1) is 11.3. The third-order valence-corrected chi connectivity index (χ3v) is 4.34. The summed E-state index contributed by atoms with van der Waals surface area (Å²) in [6.45, 7) is 8.76. The number of ether oxygens (including phenoxy) is 2. The van der Waals surface area contributed by atoms with Gasteiger partial charge in [-0.05, 0) is 52.8 Å². The molecule has 1 N–H and O–H groups in total. The first kappa shape index (κ1) is 18.6. The van der Waals surface area contributed by atoms with Crippen molar-refractivity contribution in [2.75, 3.05) is 27.3 Å². The van der Waals surface area contributed by atoms with Gasteiger partial charge in [0.15, 0.2) is 0 Å². The lowest BCUT2D eigenvalue weighted by atomic mass is 9.94. The molecule has 0 unspecified atom stereocenters. The largest absolute Gasteiger partial charge is 0.497 e. The van der Waals surface area contributed by atoms with E-state index in [4.69, 9.17) is 9.47 Å². The molecule has 1 amide bonds. The average Bonchev–Trinajstić information content (AvgIpc) is 2.54. The highest BCUT2D eigenvalue weighted by atomic mass is 16.5. The molecule has 5 nitrogen and oxygen atoms in total. The predicted octanol–water partition coefficient (Wildman–Crippen LogP) is 2.83. The van der Waals surface area contributed by atoms with Gasteiger partial charge < -0.3 is 14.8 Å². The molecule has 0 radical (unpaired) electrons. The molecule has 1 aliphatic heterocycles. The minimum Gasteiger partial charge on any atom is -0.497 e. The van der Waals surface area contributed by atoms with E-state index in [1.165, 1.54) is 0 Å². The molecule has 0 saturated carbocycles. The number of likely N-dealkylation sites (tertiary alicyclic amines) is 1. The van der Waals surface area contributed by atoms with E-state index in [1.54, 1.807) is 14.2 Å². The van der Waals surface area contributed by atoms with Crippen LogP contribution in [0.25, 0.3) is 0 Å². The molecule has 1 aromatic carbocycles. The fourth-order valence-electron chi connectivity index (χ4n) is 3.05. The van der Waals surface area contributed by atoms with Crippen LogP contribution in [-0.4, -0.2) is 43.7 Å². The quantitative estimate of drug-likeness (QED) is 0.900. The predicted molar refractivity (Wildman–Crippen MR) is 95.4 cm³/mol. The van der Waals surface area contributed by atoms with Crippen molar-refractivity contribution in [3.05, 3.63) is 23.8 Å². The number of nitrogens with zero attached hydrogens (tertiary/aromatic N) is 1. The van der Waals surface area contributed by atoms with Gasteiger partial charge >= 0.3 is 0 Å². The Morgan fingerprint density at radius 3 is 2.42 bits per heavy atom. The van der Waals surface area contributed by atoms with Gasteiger partial charge in [-0.25, -0.2) is 0 Å². The number of piperidine rings is 1. The van der Waals surface area contributed by atoms with Gasteiger partial charge in [-0.1, -0.05) is 6.07 Å². The Kier molecular flexibility index (Phi) is 6.10. The summed E-state index contributed by atoms with van der Waals surface area (Å²) < 4.78 is 10.7. The van der Waals surface area contributed by atoms with Crippen LogP contribution in [0.3, 0.4) is 0 Å². The zero-order chi connectivity index (χ0) is 17.7. The van der Waals surface area contributed by atoms with Crippen LogP contribution in [0.15, 0.2) is 18.2 Å². The maximum atomic E-state index is 12.3. The number of hydrogen-bond donors (Lipinski definition) is 1. The van der Waals surface area contributed by atoms with E-state index < -0.39 is 0 Å². The minimum absolute atomic E-state index is 0.123. The van der Waals surface area contributed by atoms with Crippen molar-refractivity contribution >= 4 is 5.91 Å². The second kappa shape index (κ2) is 7.88. The third kappa shape index (κ3) is 5.13. The summed E-state index contributed by atoms with van der Waals surface area (Å²) in [6.07, 6.45) is 1.81. The Bertz CT molecular complexity index is 558. The number of carbonyl (C=O) groups is 1. The molecular formula is C19H30N2O3. The third-order valence-electron chi connectivity index (χ3n) is 4.34. The fraction of sp³-hybridized carbons (Fsp3) is 0.632. The van der Waals surface area contributed by atoms with Gasteiger partial charge in [0, 0.05) is 29.6 Å². The van der Waals surface area contributed by atoms with E-state index in [0.29, 0.717) is 0 Å². The van der Waals surface area contributed by atoms with Gasteiger partial charge in [-0.3, -0.25) is 9.69 Å². The lowest BCUT2D eigenvalue weighted by Crippen LogP contribution is -2.46. The van der Waals surface area contributed by atoms with E-state index in [0.717, 1.165) is 49.5 Å². The van der Waals surface area contributed by atoms with Crippen molar-refractivity contribution in [2.45, 2.75) is 45.7 Å². The summed E-state index contributed by atoms with van der Waals surface area (Å²) >= 11 is 0. The van der Waals surface area contributed by atoms with Crippen molar-refractivity contribution < 1.29 is 14.3 Å². The van der Waals surface area contributed by atoms with Gasteiger partial charge in [-0.15, -0.1) is 0 Å². The smallest absolute Gasteiger partial charge is 0.223 e. The Balaban J connectivity index is 1.90. The standard InChI is InChI=1S/C19H30N2O3/c1-19(2,3)20-18(22)14-8-10-21(11-9-14)13-15-6-7-16(23-4)12-17(15)24-5/h6-7,12,14H,8-11,13H2,1-5H3,(H,20,22). The average molecular weight is 334 g/mol. The monoisotopic (exact) mass is 334 g/mol. The maximum absolute atomic E-state index is 12.3. The molecule has 0 atom stereocenters. The topological polar surface area (TPSA) is 50.8 Å². The number of rotatable bonds is 5. The fourth-order valence-corrected chi connectivity index (χ4v) is 3.05. The van der Waals surface area contributed by atoms with Crippen molar-refractivity contribution in [3.63, 3.8) is 0 Å². The summed E-state index contributed by atoms with van der Waals surface area (Å²) in [5.41, 5.74) is 0.987. The second-order valence-corrected chi connectivity index (χ2v) is 7.47. The molecule has 24 heavy (non-hydrogen) atoms. The molecule has 0 aromatic heterocycles. The van der Waals surface area contributed by atoms with E-state index in [2.05, 4.69) is 16.3 Å². The van der Waals surface area contributed by atoms with Crippen LogP contribution in [0.5, 0.6) is 11.5 Å². The van der Waals surface area contributed by atoms with E-state index >= 15 is 0 Å². The number of benzene rings is 1. The molecule has 0 spiro atoms. The first-order valence-electron chi connectivity index (χ1n) is 8.57. The SMILES string of the molecule is COc1ccc(CN2CCC(C(=O)NC(C)(C)C)CC2)c(OC)c1. The van der Waals surface area contributed by atoms with Crippen LogP contribution in [0.1, 0.15) is 39.2 Å². The number of carbonyl (C=O) groups excluding carboxylic acids is 1. The zero-order valence-corrected chi connectivity index (χ0v) is 15.5. The number of amides is 1. The van der Waals surface area contributed by atoms with Gasteiger partial charge in [0.25, 0.3) is 0 Å². The molecule has 1 aliphatic rings. The normalized spacial score (nSPS) is 16.7. The summed E-state index contributed by atoms with van der Waals surface area (Å²) in [4.78, 5) is 14.7. The molecule has 5 heteroatoms. The van der Waals surface area contributed by atoms with Crippen molar-refractivity contribution in [1.82, 2.24) is 10.2 Å². The van der Waals surface area contributed by atoms with Crippen LogP contribution < -0.4 is 14.8 Å². The Morgan fingerprint density at radius 2 is 1.88 bits per heavy atom. The number of hydrogen-bond acceptors (Lipinski definition) is 4. The molecular weight excluding hydrogens is 304 g/mol. The van der Waals surface area contributed by atoms with Crippen molar-refractivity contribution in [3.8, 4) is 11.5 Å². The summed E-state index contributed by atoms with van der Waals surface area (Å²) in [6, 6.07) is 5.93. The van der Waals surface area contributed by atoms with Crippen LogP contribution in [0.2, 0.25) is 0 Å². The zero-order valence-electron chi connectivity index (χ0n) is 15.5. The van der Waals surface area contributed by atoms with Crippen molar-refractivity contribution in [1.29, 1.82) is 0 Å². The van der Waals surface area contributed by atoms with Crippen molar-refractivity contribution in [2.24, 2.45) is 5.92 Å². The second-order valence-electron chi connectivity index (χ2n) is 7.47. The summed E-state index contributed by atoms with van der Waals surface area (Å²) in [5, 5.41) is 3.09. The van der Waals surface area contributed by atoms with Gasteiger partial charge in [-0.2, -0.15) is 0 Å². The Morgan fingerprint density at radius 1 is 1.21 bits per heavy atom. The highest BCUT2D eigenvalue weighted by Crippen LogP contribution is 2.27. The van der Waals surface area contributed by atoms with Crippen LogP contribution in [0, 0.1) is 5.92 Å². The first-order valence-corrected chi connectivity index (χ1v) is 8.57. The summed E-state index contributed by atoms with van der Waals surface area (Å²) in [7, 11) is 3.34.